The fraction of sp³-hybridized carbons (Fsp3) is 0.316. The number of thiophene rings is 1. The highest BCUT2D eigenvalue weighted by atomic mass is 32.2. The number of ketones is 1. The van der Waals surface area contributed by atoms with Gasteiger partial charge in [-0.15, -0.1) is 21.5 Å². The second-order valence-corrected chi connectivity index (χ2v) is 8.64. The van der Waals surface area contributed by atoms with Gasteiger partial charge < -0.3 is 5.32 Å². The van der Waals surface area contributed by atoms with E-state index in [4.69, 9.17) is 0 Å². The quantitative estimate of drug-likeness (QED) is 0.450. The average molecular weight is 414 g/mol. The van der Waals surface area contributed by atoms with Gasteiger partial charge in [-0.05, 0) is 37.1 Å². The van der Waals surface area contributed by atoms with Crippen molar-refractivity contribution in [2.75, 3.05) is 5.75 Å². The summed E-state index contributed by atoms with van der Waals surface area (Å²) in [5.74, 6) is 1.11. The summed E-state index contributed by atoms with van der Waals surface area (Å²) in [4.78, 5) is 29.3. The molecule has 1 saturated carbocycles. The zero-order valence-corrected chi connectivity index (χ0v) is 16.9. The smallest absolute Gasteiger partial charge is 0.217 e. The second-order valence-electron chi connectivity index (χ2n) is 6.53. The zero-order chi connectivity index (χ0) is 19.5. The van der Waals surface area contributed by atoms with Crippen molar-refractivity contribution in [2.45, 2.75) is 37.5 Å². The van der Waals surface area contributed by atoms with Gasteiger partial charge in [0.05, 0.1) is 17.2 Å². The Morgan fingerprint density at radius 2 is 2.00 bits per heavy atom. The largest absolute Gasteiger partial charge is 0.351 e. The van der Waals surface area contributed by atoms with Crippen LogP contribution in [0, 0.1) is 0 Å². The Kier molecular flexibility index (Phi) is 5.54. The summed E-state index contributed by atoms with van der Waals surface area (Å²) >= 11 is 2.84. The lowest BCUT2D eigenvalue weighted by atomic mass is 10.2. The van der Waals surface area contributed by atoms with Crippen molar-refractivity contribution >= 4 is 34.8 Å². The standard InChI is InChI=1S/C19H19N5O2S2/c1-12(25)21-10-15-4-5-17(28-15)16(26)11-27-19-23-22-18(24(19)14-2-3-14)13-6-8-20-9-7-13/h4-9,14H,2-3,10-11H2,1H3,(H,21,25). The lowest BCUT2D eigenvalue weighted by Gasteiger charge is -2.08. The van der Waals surface area contributed by atoms with E-state index in [2.05, 4.69) is 25.1 Å². The summed E-state index contributed by atoms with van der Waals surface area (Å²) in [7, 11) is 0. The van der Waals surface area contributed by atoms with Crippen LogP contribution in [0.15, 0.2) is 41.8 Å². The molecule has 7 nitrogen and oxygen atoms in total. The van der Waals surface area contributed by atoms with Crippen LogP contribution >= 0.6 is 23.1 Å². The molecule has 144 valence electrons. The number of amides is 1. The van der Waals surface area contributed by atoms with Crippen LogP contribution in [0.2, 0.25) is 0 Å². The van der Waals surface area contributed by atoms with Gasteiger partial charge in [-0.25, -0.2) is 0 Å². The fourth-order valence-corrected chi connectivity index (χ4v) is 4.64. The molecule has 0 atom stereocenters. The molecule has 1 fully saturated rings. The number of Topliss-reactive ketones (excluding diaryl/α,β-unsaturated/α-hetero) is 1. The number of rotatable bonds is 8. The highest BCUT2D eigenvalue weighted by Gasteiger charge is 2.30. The van der Waals surface area contributed by atoms with Crippen molar-refractivity contribution in [1.82, 2.24) is 25.1 Å². The van der Waals surface area contributed by atoms with Gasteiger partial charge in [0.2, 0.25) is 5.91 Å². The molecule has 0 spiro atoms. The topological polar surface area (TPSA) is 89.8 Å². The van der Waals surface area contributed by atoms with E-state index < -0.39 is 0 Å². The minimum atomic E-state index is -0.0822. The minimum absolute atomic E-state index is 0.0554. The Labute approximate surface area is 170 Å². The maximum atomic E-state index is 12.6. The number of hydrogen-bond donors (Lipinski definition) is 1. The van der Waals surface area contributed by atoms with Crippen LogP contribution < -0.4 is 5.32 Å². The van der Waals surface area contributed by atoms with Crippen LogP contribution in [0.25, 0.3) is 11.4 Å². The Hall–Kier alpha value is -2.52. The monoisotopic (exact) mass is 413 g/mol. The Morgan fingerprint density at radius 3 is 2.71 bits per heavy atom. The summed E-state index contributed by atoms with van der Waals surface area (Å²) in [6.07, 6.45) is 5.70. The summed E-state index contributed by atoms with van der Waals surface area (Å²) in [5.41, 5.74) is 0.980. The number of thioether (sulfide) groups is 1. The third-order valence-corrected chi connectivity index (χ3v) is 6.36. The highest BCUT2D eigenvalue weighted by molar-refractivity contribution is 7.99. The summed E-state index contributed by atoms with van der Waals surface area (Å²) in [6, 6.07) is 7.95. The number of carbonyl (C=O) groups excluding carboxylic acids is 2. The first-order valence-electron chi connectivity index (χ1n) is 8.96. The Morgan fingerprint density at radius 1 is 1.21 bits per heavy atom. The first-order chi connectivity index (χ1) is 13.6. The van der Waals surface area contributed by atoms with Gasteiger partial charge in [0.25, 0.3) is 0 Å². The SMILES string of the molecule is CC(=O)NCc1ccc(C(=O)CSc2nnc(-c3ccncc3)n2C2CC2)s1. The predicted molar refractivity (Wildman–Crippen MR) is 108 cm³/mol. The van der Waals surface area contributed by atoms with E-state index in [0.29, 0.717) is 23.2 Å². The molecule has 3 aromatic heterocycles. The normalized spacial score (nSPS) is 13.5. The van der Waals surface area contributed by atoms with Crippen LogP contribution in [0.5, 0.6) is 0 Å². The van der Waals surface area contributed by atoms with Crippen molar-refractivity contribution < 1.29 is 9.59 Å². The Bertz CT molecular complexity index is 995. The van der Waals surface area contributed by atoms with Crippen LogP contribution in [0.4, 0.5) is 0 Å². The molecule has 1 amide bonds. The second kappa shape index (κ2) is 8.24. The third-order valence-electron chi connectivity index (χ3n) is 4.30. The van der Waals surface area contributed by atoms with Crippen LogP contribution in [-0.2, 0) is 11.3 Å². The molecule has 1 aliphatic rings. The number of nitrogens with zero attached hydrogens (tertiary/aromatic N) is 4. The van der Waals surface area contributed by atoms with Crippen molar-refractivity contribution in [1.29, 1.82) is 0 Å². The van der Waals surface area contributed by atoms with Gasteiger partial charge in [0.1, 0.15) is 0 Å². The van der Waals surface area contributed by atoms with Gasteiger partial charge in [-0.3, -0.25) is 19.1 Å². The van der Waals surface area contributed by atoms with Crippen molar-refractivity contribution in [3.63, 3.8) is 0 Å². The van der Waals surface area contributed by atoms with Gasteiger partial charge in [0, 0.05) is 35.8 Å². The van der Waals surface area contributed by atoms with E-state index in [1.165, 1.54) is 30.0 Å². The lowest BCUT2D eigenvalue weighted by Crippen LogP contribution is -2.18. The fourth-order valence-electron chi connectivity index (χ4n) is 2.77. The molecule has 0 radical (unpaired) electrons. The summed E-state index contributed by atoms with van der Waals surface area (Å²) in [5, 5.41) is 12.2. The molecular formula is C19H19N5O2S2. The molecule has 0 unspecified atom stereocenters. The first-order valence-corrected chi connectivity index (χ1v) is 10.8. The number of nitrogens with one attached hydrogen (secondary N) is 1. The summed E-state index contributed by atoms with van der Waals surface area (Å²) < 4.78 is 2.14. The molecule has 3 aromatic rings. The zero-order valence-electron chi connectivity index (χ0n) is 15.3. The molecule has 3 heterocycles. The maximum Gasteiger partial charge on any atom is 0.217 e. The van der Waals surface area contributed by atoms with Crippen LogP contribution in [0.3, 0.4) is 0 Å². The van der Waals surface area contributed by atoms with Gasteiger partial charge in [-0.1, -0.05) is 11.8 Å². The summed E-state index contributed by atoms with van der Waals surface area (Å²) in [6.45, 7) is 1.93. The molecule has 0 aliphatic heterocycles. The van der Waals surface area contributed by atoms with Crippen LogP contribution in [-0.4, -0.2) is 37.2 Å². The van der Waals surface area contributed by atoms with Gasteiger partial charge >= 0.3 is 0 Å². The van der Waals surface area contributed by atoms with Gasteiger partial charge in [0.15, 0.2) is 16.8 Å². The van der Waals surface area contributed by atoms with Crippen molar-refractivity contribution in [3.05, 3.63) is 46.4 Å². The van der Waals surface area contributed by atoms with Gasteiger partial charge in [-0.2, -0.15) is 0 Å². The van der Waals surface area contributed by atoms with E-state index in [9.17, 15) is 9.59 Å². The number of aromatic nitrogens is 4. The molecule has 28 heavy (non-hydrogen) atoms. The van der Waals surface area contributed by atoms with E-state index in [1.54, 1.807) is 12.4 Å². The predicted octanol–water partition coefficient (Wildman–Crippen LogP) is 3.35. The number of hydrogen-bond acceptors (Lipinski definition) is 7. The highest BCUT2D eigenvalue weighted by Crippen LogP contribution is 2.41. The molecular weight excluding hydrogens is 394 g/mol. The van der Waals surface area contributed by atoms with E-state index in [0.717, 1.165) is 34.3 Å². The average Bonchev–Trinajstić information content (AvgIpc) is 3.27. The number of pyridine rings is 1. The molecule has 0 aromatic carbocycles. The molecule has 1 N–H and O–H groups in total. The Balaban J connectivity index is 1.44. The van der Waals surface area contributed by atoms with E-state index in [-0.39, 0.29) is 11.7 Å². The molecule has 4 rings (SSSR count). The minimum Gasteiger partial charge on any atom is -0.351 e. The third kappa shape index (κ3) is 4.31. The maximum absolute atomic E-state index is 12.6. The van der Waals surface area contributed by atoms with E-state index in [1.807, 2.05) is 24.3 Å². The van der Waals surface area contributed by atoms with E-state index >= 15 is 0 Å². The molecule has 1 aliphatic carbocycles. The molecule has 0 bridgehead atoms. The first kappa shape index (κ1) is 18.8. The molecule has 9 heteroatoms. The number of carbonyl (C=O) groups is 2. The van der Waals surface area contributed by atoms with Crippen molar-refractivity contribution in [3.8, 4) is 11.4 Å². The lowest BCUT2D eigenvalue weighted by molar-refractivity contribution is -0.119. The van der Waals surface area contributed by atoms with Crippen molar-refractivity contribution in [2.24, 2.45) is 0 Å². The molecule has 0 saturated heterocycles. The van der Waals surface area contributed by atoms with Crippen LogP contribution in [0.1, 0.15) is 40.4 Å².